The molecule has 0 heterocycles. The van der Waals surface area contributed by atoms with Gasteiger partial charge in [0.2, 0.25) is 0 Å². The van der Waals surface area contributed by atoms with Gasteiger partial charge < -0.3 is 9.47 Å². The van der Waals surface area contributed by atoms with E-state index in [0.29, 0.717) is 11.5 Å². The van der Waals surface area contributed by atoms with E-state index in [1.807, 2.05) is 0 Å². The first kappa shape index (κ1) is 15.0. The van der Waals surface area contributed by atoms with Crippen molar-refractivity contribution < 1.29 is 9.47 Å². The lowest BCUT2D eigenvalue weighted by atomic mass is 9.72. The molecule has 1 rings (SSSR count). The van der Waals surface area contributed by atoms with E-state index in [4.69, 9.17) is 9.47 Å². The molecule has 0 saturated heterocycles. The van der Waals surface area contributed by atoms with Gasteiger partial charge in [0.25, 0.3) is 0 Å². The second kappa shape index (κ2) is 7.38. The van der Waals surface area contributed by atoms with Crippen molar-refractivity contribution in [2.45, 2.75) is 65.9 Å². The fourth-order valence-corrected chi connectivity index (χ4v) is 2.62. The highest BCUT2D eigenvalue weighted by molar-refractivity contribution is 4.80. The van der Waals surface area contributed by atoms with Crippen LogP contribution in [0.25, 0.3) is 0 Å². The molecule has 0 aliphatic heterocycles. The lowest BCUT2D eigenvalue weighted by Crippen LogP contribution is -2.29. The van der Waals surface area contributed by atoms with Crippen LogP contribution >= 0.6 is 0 Å². The van der Waals surface area contributed by atoms with Gasteiger partial charge in [-0.2, -0.15) is 0 Å². The molecule has 0 spiro atoms. The molecule has 0 amide bonds. The third-order valence-corrected chi connectivity index (χ3v) is 3.83. The zero-order valence-electron chi connectivity index (χ0n) is 12.1. The molecule has 17 heavy (non-hydrogen) atoms. The monoisotopic (exact) mass is 242 g/mol. The van der Waals surface area contributed by atoms with Gasteiger partial charge in [-0.15, -0.1) is 0 Å². The predicted molar refractivity (Wildman–Crippen MR) is 72.3 cm³/mol. The molecule has 0 unspecified atom stereocenters. The molecule has 0 aromatic rings. The van der Waals surface area contributed by atoms with Gasteiger partial charge in [-0.25, -0.2) is 0 Å². The van der Waals surface area contributed by atoms with Crippen molar-refractivity contribution in [3.8, 4) is 0 Å². The normalized spacial score (nSPS) is 26.1. The van der Waals surface area contributed by atoms with Crippen molar-refractivity contribution in [2.75, 3.05) is 19.8 Å². The molecule has 0 aromatic carbocycles. The third-order valence-electron chi connectivity index (χ3n) is 3.83. The smallest absolute Gasteiger partial charge is 0.0704 e. The second-order valence-corrected chi connectivity index (χ2v) is 6.32. The van der Waals surface area contributed by atoms with Crippen LogP contribution < -0.4 is 0 Å². The van der Waals surface area contributed by atoms with E-state index in [1.165, 1.54) is 25.7 Å². The summed E-state index contributed by atoms with van der Waals surface area (Å²) in [4.78, 5) is 0. The van der Waals surface area contributed by atoms with Crippen molar-refractivity contribution in [3.63, 3.8) is 0 Å². The fourth-order valence-electron chi connectivity index (χ4n) is 2.62. The minimum Gasteiger partial charge on any atom is -0.379 e. The first-order valence-electron chi connectivity index (χ1n) is 7.23. The average molecular weight is 242 g/mol. The van der Waals surface area contributed by atoms with Crippen molar-refractivity contribution >= 4 is 0 Å². The molecule has 102 valence electrons. The Balaban J connectivity index is 2.07. The van der Waals surface area contributed by atoms with Crippen molar-refractivity contribution in [3.05, 3.63) is 0 Å². The first-order valence-corrected chi connectivity index (χ1v) is 7.23. The van der Waals surface area contributed by atoms with E-state index < -0.39 is 0 Å². The largest absolute Gasteiger partial charge is 0.379 e. The topological polar surface area (TPSA) is 18.5 Å². The van der Waals surface area contributed by atoms with Gasteiger partial charge in [-0.05, 0) is 43.4 Å². The molecule has 1 saturated carbocycles. The van der Waals surface area contributed by atoms with Crippen LogP contribution in [0.15, 0.2) is 0 Å². The van der Waals surface area contributed by atoms with Gasteiger partial charge in [0.15, 0.2) is 0 Å². The maximum atomic E-state index is 5.87. The van der Waals surface area contributed by atoms with Gasteiger partial charge in [-0.3, -0.25) is 0 Å². The van der Waals surface area contributed by atoms with Gasteiger partial charge in [-0.1, -0.05) is 27.7 Å². The highest BCUT2D eigenvalue weighted by Gasteiger charge is 2.29. The minimum absolute atomic E-state index is 0.467. The van der Waals surface area contributed by atoms with Crippen molar-refractivity contribution in [2.24, 2.45) is 11.3 Å². The van der Waals surface area contributed by atoms with Crippen molar-refractivity contribution in [1.82, 2.24) is 0 Å². The van der Waals surface area contributed by atoms with E-state index in [-0.39, 0.29) is 0 Å². The van der Waals surface area contributed by atoms with E-state index in [0.717, 1.165) is 32.2 Å². The van der Waals surface area contributed by atoms with Crippen LogP contribution in [-0.2, 0) is 9.47 Å². The van der Waals surface area contributed by atoms with E-state index in [9.17, 15) is 0 Å². The Morgan fingerprint density at radius 3 is 2.12 bits per heavy atom. The highest BCUT2D eigenvalue weighted by Crippen LogP contribution is 2.38. The molecule has 0 bridgehead atoms. The molecule has 1 fully saturated rings. The molecule has 0 radical (unpaired) electrons. The first-order chi connectivity index (χ1) is 8.04. The summed E-state index contributed by atoms with van der Waals surface area (Å²) < 4.78 is 11.3. The van der Waals surface area contributed by atoms with E-state index in [2.05, 4.69) is 27.7 Å². The Kier molecular flexibility index (Phi) is 6.50. The summed E-state index contributed by atoms with van der Waals surface area (Å²) in [7, 11) is 0. The maximum absolute atomic E-state index is 5.87. The van der Waals surface area contributed by atoms with Crippen LogP contribution in [-0.4, -0.2) is 25.9 Å². The number of hydrogen-bond acceptors (Lipinski definition) is 2. The lowest BCUT2D eigenvalue weighted by molar-refractivity contribution is -0.0244. The maximum Gasteiger partial charge on any atom is 0.0704 e. The fraction of sp³-hybridized carbons (Fsp3) is 1.00. The third kappa shape index (κ3) is 5.87. The molecular formula is C15H30O2. The predicted octanol–water partition coefficient (Wildman–Crippen LogP) is 4.03. The molecule has 1 aliphatic carbocycles. The Hall–Kier alpha value is -0.0800. The summed E-state index contributed by atoms with van der Waals surface area (Å²) in [6, 6.07) is 0. The average Bonchev–Trinajstić information content (AvgIpc) is 2.28. The molecule has 1 aliphatic rings. The van der Waals surface area contributed by atoms with Crippen LogP contribution in [0.5, 0.6) is 0 Å². The molecule has 2 heteroatoms. The second-order valence-electron chi connectivity index (χ2n) is 6.32. The molecule has 0 atom stereocenters. The SMILES string of the molecule is CCCOCCOC1CCC(C(C)(C)C)CC1. The van der Waals surface area contributed by atoms with Crippen LogP contribution in [0.4, 0.5) is 0 Å². The minimum atomic E-state index is 0.467. The Morgan fingerprint density at radius 1 is 0.941 bits per heavy atom. The standard InChI is InChI=1S/C15H30O2/c1-5-10-16-11-12-17-14-8-6-13(7-9-14)15(2,3)4/h13-14H,5-12H2,1-4H3. The number of ether oxygens (including phenoxy) is 2. The van der Waals surface area contributed by atoms with Crippen LogP contribution in [0.3, 0.4) is 0 Å². The van der Waals surface area contributed by atoms with Crippen LogP contribution in [0.2, 0.25) is 0 Å². The Bertz CT molecular complexity index is 188. The summed E-state index contributed by atoms with van der Waals surface area (Å²) in [5.74, 6) is 0.874. The number of rotatable bonds is 6. The highest BCUT2D eigenvalue weighted by atomic mass is 16.5. The van der Waals surface area contributed by atoms with Crippen LogP contribution in [0.1, 0.15) is 59.8 Å². The quantitative estimate of drug-likeness (QED) is 0.655. The van der Waals surface area contributed by atoms with E-state index >= 15 is 0 Å². The summed E-state index contributed by atoms with van der Waals surface area (Å²) >= 11 is 0. The number of hydrogen-bond donors (Lipinski definition) is 0. The molecular weight excluding hydrogens is 212 g/mol. The Morgan fingerprint density at radius 2 is 1.59 bits per heavy atom. The van der Waals surface area contributed by atoms with Gasteiger partial charge >= 0.3 is 0 Å². The summed E-state index contributed by atoms with van der Waals surface area (Å²) in [5, 5.41) is 0. The zero-order valence-corrected chi connectivity index (χ0v) is 12.1. The summed E-state index contributed by atoms with van der Waals surface area (Å²) in [6.07, 6.45) is 6.69. The molecule has 0 aromatic heterocycles. The Labute approximate surface area is 107 Å². The summed E-state index contributed by atoms with van der Waals surface area (Å²) in [6.45, 7) is 11.6. The molecule has 2 nitrogen and oxygen atoms in total. The lowest BCUT2D eigenvalue weighted by Gasteiger charge is -2.36. The zero-order chi connectivity index (χ0) is 12.7. The van der Waals surface area contributed by atoms with Crippen LogP contribution in [0, 0.1) is 11.3 Å². The molecule has 0 N–H and O–H groups in total. The van der Waals surface area contributed by atoms with Gasteiger partial charge in [0.05, 0.1) is 19.3 Å². The van der Waals surface area contributed by atoms with E-state index in [1.54, 1.807) is 0 Å². The van der Waals surface area contributed by atoms with Gasteiger partial charge in [0.1, 0.15) is 0 Å². The van der Waals surface area contributed by atoms with Crippen molar-refractivity contribution in [1.29, 1.82) is 0 Å². The van der Waals surface area contributed by atoms with Gasteiger partial charge in [0, 0.05) is 6.61 Å². The summed E-state index contributed by atoms with van der Waals surface area (Å²) in [5.41, 5.74) is 0.467.